The lowest BCUT2D eigenvalue weighted by atomic mass is 10.2. The number of allylic oxidation sites excluding steroid dienone is 2. The molecule has 0 bridgehead atoms. The number of thioether (sulfide) groups is 1. The van der Waals surface area contributed by atoms with Gasteiger partial charge in [-0.1, -0.05) is 0 Å². The van der Waals surface area contributed by atoms with Gasteiger partial charge in [0.15, 0.2) is 7.49 Å². The van der Waals surface area contributed by atoms with Crippen LogP contribution in [0, 0.1) is 10.5 Å². The Balaban J connectivity index is 2.25. The third-order valence-corrected chi connectivity index (χ3v) is 8.09. The second kappa shape index (κ2) is 4.63. The molecule has 0 N–H and O–H groups in total. The van der Waals surface area contributed by atoms with Crippen LogP contribution in [0.4, 0.5) is 0 Å². The third kappa shape index (κ3) is 2.32. The molecule has 0 radical (unpaired) electrons. The van der Waals surface area contributed by atoms with E-state index < -0.39 is 0 Å². The van der Waals surface area contributed by atoms with Gasteiger partial charge in [0, 0.05) is 10.9 Å². The highest BCUT2D eigenvalue weighted by Gasteiger charge is 2.34. The van der Waals surface area contributed by atoms with E-state index >= 15 is 0 Å². The minimum atomic E-state index is 0.680. The SMILES string of the molecule is CC1=CC([IH+])C(c2cc([IH+])c(C)s2)S1. The molecule has 1 aromatic heterocycles. The molecule has 0 saturated heterocycles. The average molecular weight is 450 g/mol. The lowest BCUT2D eigenvalue weighted by Gasteiger charge is -2.05. The zero-order valence-electron chi connectivity index (χ0n) is 7.94. The number of aryl methyl sites for hydroxylation is 1. The summed E-state index contributed by atoms with van der Waals surface area (Å²) < 4.78 is 2.16. The first kappa shape index (κ1) is 11.7. The summed E-state index contributed by atoms with van der Waals surface area (Å²) in [5, 5.41) is 0.680. The second-order valence-corrected chi connectivity index (χ2v) is 8.83. The van der Waals surface area contributed by atoms with Crippen LogP contribution in [0.15, 0.2) is 17.0 Å². The van der Waals surface area contributed by atoms with Crippen LogP contribution in [-0.4, -0.2) is 3.92 Å². The van der Waals surface area contributed by atoms with E-state index in [-0.39, 0.29) is 0 Å². The molecule has 2 unspecified atom stereocenters. The zero-order valence-corrected chi connectivity index (χ0v) is 14.2. The molecule has 76 valence electrons. The zero-order chi connectivity index (χ0) is 10.3. The van der Waals surface area contributed by atoms with E-state index in [4.69, 9.17) is 0 Å². The van der Waals surface area contributed by atoms with Crippen LogP contribution >= 0.6 is 23.1 Å². The summed E-state index contributed by atoms with van der Waals surface area (Å²) in [5.74, 6) is 0. The molecule has 0 nitrogen and oxygen atoms in total. The van der Waals surface area contributed by atoms with Crippen LogP contribution in [0.1, 0.15) is 21.9 Å². The standard InChI is InChI=1S/C10H12I2S2/c1-5-3-8(12)10(13-5)9-4-7(11)6(2)14-9/h3-4,8,10-12H,1-2H3/q+2. The van der Waals surface area contributed by atoms with E-state index in [2.05, 4.69) is 71.2 Å². The van der Waals surface area contributed by atoms with Gasteiger partial charge in [0.1, 0.15) is 0 Å². The van der Waals surface area contributed by atoms with Crippen LogP contribution in [0.2, 0.25) is 0 Å². The molecule has 14 heavy (non-hydrogen) atoms. The van der Waals surface area contributed by atoms with E-state index in [0.29, 0.717) is 9.17 Å². The Morgan fingerprint density at radius 1 is 1.36 bits per heavy atom. The van der Waals surface area contributed by atoms with Gasteiger partial charge in [-0.3, -0.25) is 0 Å². The van der Waals surface area contributed by atoms with Gasteiger partial charge in [-0.25, -0.2) is 0 Å². The molecule has 1 aliphatic rings. The fourth-order valence-corrected chi connectivity index (χ4v) is 6.70. The monoisotopic (exact) mass is 450 g/mol. The Morgan fingerprint density at radius 3 is 2.50 bits per heavy atom. The van der Waals surface area contributed by atoms with Gasteiger partial charge >= 0.3 is 0 Å². The maximum absolute atomic E-state index is 2.39. The minimum absolute atomic E-state index is 0.680. The van der Waals surface area contributed by atoms with E-state index in [0.717, 1.165) is 0 Å². The first-order chi connectivity index (χ1) is 6.58. The smallest absolute Gasteiger partial charge is 0.139 e. The van der Waals surface area contributed by atoms with Crippen LogP contribution in [0.5, 0.6) is 0 Å². The maximum atomic E-state index is 2.39. The molecule has 0 spiro atoms. The van der Waals surface area contributed by atoms with E-state index in [1.54, 1.807) is 4.88 Å². The highest BCUT2D eigenvalue weighted by atomic mass is 127. The summed E-state index contributed by atoms with van der Waals surface area (Å²) in [6, 6.07) is 2.37. The molecule has 1 aromatic rings. The van der Waals surface area contributed by atoms with E-state index in [1.165, 1.54) is 13.4 Å². The Kier molecular flexibility index (Phi) is 3.88. The number of alkyl halides is 1. The van der Waals surface area contributed by atoms with Crippen molar-refractivity contribution in [3.05, 3.63) is 30.4 Å². The lowest BCUT2D eigenvalue weighted by molar-refractivity contribution is -0.402. The van der Waals surface area contributed by atoms with Crippen molar-refractivity contribution in [3.8, 4) is 0 Å². The van der Waals surface area contributed by atoms with Crippen LogP contribution in [0.3, 0.4) is 0 Å². The molecule has 0 aliphatic carbocycles. The first-order valence-electron chi connectivity index (χ1n) is 4.36. The van der Waals surface area contributed by atoms with Crippen LogP contribution < -0.4 is 45.2 Å². The maximum Gasteiger partial charge on any atom is 0.297 e. The highest BCUT2D eigenvalue weighted by Crippen LogP contribution is 2.43. The largest absolute Gasteiger partial charge is 0.297 e. The van der Waals surface area contributed by atoms with Crippen molar-refractivity contribution in [1.29, 1.82) is 0 Å². The topological polar surface area (TPSA) is 0 Å². The molecule has 2 rings (SSSR count). The van der Waals surface area contributed by atoms with Crippen molar-refractivity contribution < 1.29 is 45.2 Å². The summed E-state index contributed by atoms with van der Waals surface area (Å²) in [7, 11) is 0. The summed E-state index contributed by atoms with van der Waals surface area (Å²) >= 11 is 8.37. The quantitative estimate of drug-likeness (QED) is 0.322. The predicted octanol–water partition coefficient (Wildman–Crippen LogP) is -3.14. The molecule has 0 amide bonds. The molecule has 2 heterocycles. The second-order valence-electron chi connectivity index (χ2n) is 3.35. The van der Waals surface area contributed by atoms with Gasteiger partial charge in [0.05, 0.1) is 10.1 Å². The van der Waals surface area contributed by atoms with Gasteiger partial charge in [-0.2, -0.15) is 0 Å². The molecule has 4 heteroatoms. The summed E-state index contributed by atoms with van der Waals surface area (Å²) in [4.78, 5) is 4.51. The lowest BCUT2D eigenvalue weighted by Crippen LogP contribution is -3.39. The molecular formula is C10H12I2S2+2. The average Bonchev–Trinajstić information content (AvgIpc) is 2.57. The Bertz CT molecular complexity index is 362. The third-order valence-electron chi connectivity index (χ3n) is 2.18. The van der Waals surface area contributed by atoms with Gasteiger partial charge in [-0.15, -0.1) is 23.1 Å². The van der Waals surface area contributed by atoms with Crippen LogP contribution in [0.25, 0.3) is 0 Å². The van der Waals surface area contributed by atoms with Gasteiger partial charge in [0.2, 0.25) is 0 Å². The molecule has 0 aromatic carbocycles. The summed E-state index contributed by atoms with van der Waals surface area (Å²) in [6.45, 7) is 4.44. The minimum Gasteiger partial charge on any atom is -0.139 e. The van der Waals surface area contributed by atoms with Crippen molar-refractivity contribution in [2.45, 2.75) is 23.0 Å². The fraction of sp³-hybridized carbons (Fsp3) is 0.400. The Hall–Kier alpha value is 1.25. The number of thiophene rings is 1. The van der Waals surface area contributed by atoms with Gasteiger partial charge < -0.3 is 0 Å². The van der Waals surface area contributed by atoms with Crippen molar-refractivity contribution in [1.82, 2.24) is 0 Å². The van der Waals surface area contributed by atoms with Crippen LogP contribution in [-0.2, 0) is 0 Å². The molecular weight excluding hydrogens is 438 g/mol. The molecule has 1 aliphatic heterocycles. The first-order valence-corrected chi connectivity index (χ1v) is 8.57. The highest BCUT2D eigenvalue weighted by molar-refractivity contribution is 8.03. The normalized spacial score (nSPS) is 26.7. The van der Waals surface area contributed by atoms with E-state index in [9.17, 15) is 0 Å². The van der Waals surface area contributed by atoms with Crippen molar-refractivity contribution in [2.24, 2.45) is 0 Å². The van der Waals surface area contributed by atoms with Gasteiger partial charge in [-0.05, 0) is 24.8 Å². The van der Waals surface area contributed by atoms with Crippen molar-refractivity contribution in [2.75, 3.05) is 0 Å². The van der Waals surface area contributed by atoms with Gasteiger partial charge in [0.25, 0.3) is 45.2 Å². The number of hydrogen-bond acceptors (Lipinski definition) is 2. The predicted molar refractivity (Wildman–Crippen MR) is 58.4 cm³/mol. The Labute approximate surface area is 120 Å². The van der Waals surface area contributed by atoms with Crippen molar-refractivity contribution in [3.63, 3.8) is 0 Å². The molecule has 0 fully saturated rings. The number of rotatable bonds is 1. The number of hydrogen-bond donors (Lipinski definition) is 0. The summed E-state index contributed by atoms with van der Waals surface area (Å²) in [5.41, 5.74) is 0. The van der Waals surface area contributed by atoms with Crippen molar-refractivity contribution >= 4 is 23.1 Å². The fourth-order valence-electron chi connectivity index (χ4n) is 1.47. The molecule has 2 atom stereocenters. The Morgan fingerprint density at radius 2 is 2.07 bits per heavy atom. The number of halogens is 2. The van der Waals surface area contributed by atoms with E-state index in [1.807, 2.05) is 23.1 Å². The summed E-state index contributed by atoms with van der Waals surface area (Å²) in [6.07, 6.45) is 2.39. The molecule has 0 saturated carbocycles.